The van der Waals surface area contributed by atoms with Crippen LogP contribution in [-0.4, -0.2) is 7.11 Å². The molecule has 1 atom stereocenters. The summed E-state index contributed by atoms with van der Waals surface area (Å²) in [5, 5.41) is 0.654. The van der Waals surface area contributed by atoms with Crippen molar-refractivity contribution in [2.75, 3.05) is 7.11 Å². The van der Waals surface area contributed by atoms with Crippen molar-refractivity contribution >= 4 is 34.2 Å². The molecule has 2 aromatic carbocycles. The minimum absolute atomic E-state index is 0.161. The monoisotopic (exact) mass is 388 g/mol. The van der Waals surface area contributed by atoms with Crippen molar-refractivity contribution in [3.8, 4) is 5.75 Å². The molecule has 0 aliphatic rings. The van der Waals surface area contributed by atoms with Gasteiger partial charge in [-0.2, -0.15) is 0 Å². The summed E-state index contributed by atoms with van der Waals surface area (Å²) >= 11 is 8.33. The van der Waals surface area contributed by atoms with Crippen LogP contribution in [0.4, 0.5) is 0 Å². The molecule has 3 N–H and O–H groups in total. The Bertz CT molecular complexity index is 560. The largest absolute Gasteiger partial charge is 0.496 e. The van der Waals surface area contributed by atoms with E-state index in [1.165, 1.54) is 3.57 Å². The number of hydrazine groups is 1. The maximum atomic E-state index is 6.06. The molecule has 100 valence electrons. The van der Waals surface area contributed by atoms with E-state index in [-0.39, 0.29) is 6.04 Å². The van der Waals surface area contributed by atoms with Crippen molar-refractivity contribution in [3.05, 3.63) is 62.2 Å². The van der Waals surface area contributed by atoms with Crippen molar-refractivity contribution in [2.24, 2.45) is 5.84 Å². The number of methoxy groups -OCH3 is 1. The van der Waals surface area contributed by atoms with Gasteiger partial charge in [-0.1, -0.05) is 23.7 Å². The van der Waals surface area contributed by atoms with E-state index in [1.807, 2.05) is 36.4 Å². The number of nitrogens with one attached hydrogen (secondary N) is 1. The number of hydrogen-bond donors (Lipinski definition) is 2. The van der Waals surface area contributed by atoms with Gasteiger partial charge in [-0.15, -0.1) is 0 Å². The van der Waals surface area contributed by atoms with Crippen LogP contribution in [0.1, 0.15) is 17.2 Å². The Kier molecular flexibility index (Phi) is 5.04. The maximum absolute atomic E-state index is 6.06. The second-order valence-corrected chi connectivity index (χ2v) is 5.72. The third-order valence-corrected chi connectivity index (χ3v) is 3.83. The van der Waals surface area contributed by atoms with Gasteiger partial charge in [-0.05, 0) is 58.5 Å². The summed E-state index contributed by atoms with van der Waals surface area (Å²) in [6.07, 6.45) is 0. The first-order chi connectivity index (χ1) is 9.15. The van der Waals surface area contributed by atoms with E-state index in [0.29, 0.717) is 5.02 Å². The molecule has 0 aromatic heterocycles. The number of hydrogen-bond acceptors (Lipinski definition) is 3. The molecule has 5 heteroatoms. The minimum Gasteiger partial charge on any atom is -0.496 e. The van der Waals surface area contributed by atoms with Crippen molar-refractivity contribution in [3.63, 3.8) is 0 Å². The molecule has 0 bridgehead atoms. The van der Waals surface area contributed by atoms with Crippen LogP contribution < -0.4 is 16.0 Å². The van der Waals surface area contributed by atoms with Crippen LogP contribution in [0.3, 0.4) is 0 Å². The zero-order chi connectivity index (χ0) is 13.8. The van der Waals surface area contributed by atoms with Crippen LogP contribution in [0, 0.1) is 3.57 Å². The molecule has 0 heterocycles. The van der Waals surface area contributed by atoms with Gasteiger partial charge in [0.1, 0.15) is 5.75 Å². The van der Waals surface area contributed by atoms with Gasteiger partial charge in [-0.3, -0.25) is 5.84 Å². The first-order valence-electron chi connectivity index (χ1n) is 5.70. The molecule has 0 saturated carbocycles. The van der Waals surface area contributed by atoms with Gasteiger partial charge in [0.05, 0.1) is 13.2 Å². The predicted octanol–water partition coefficient (Wildman–Crippen LogP) is 3.51. The first-order valence-corrected chi connectivity index (χ1v) is 7.16. The Morgan fingerprint density at radius 2 is 1.89 bits per heavy atom. The van der Waals surface area contributed by atoms with Gasteiger partial charge < -0.3 is 4.74 Å². The topological polar surface area (TPSA) is 47.3 Å². The first kappa shape index (κ1) is 14.6. The summed E-state index contributed by atoms with van der Waals surface area (Å²) in [4.78, 5) is 0. The lowest BCUT2D eigenvalue weighted by molar-refractivity contribution is 0.404. The molecule has 2 aromatic rings. The highest BCUT2D eigenvalue weighted by atomic mass is 127. The number of halogens is 2. The van der Waals surface area contributed by atoms with Gasteiger partial charge in [-0.25, -0.2) is 5.43 Å². The predicted molar refractivity (Wildman–Crippen MR) is 86.3 cm³/mol. The molecule has 0 saturated heterocycles. The molecule has 0 spiro atoms. The second-order valence-electron chi connectivity index (χ2n) is 4.04. The van der Waals surface area contributed by atoms with Gasteiger partial charge in [0.15, 0.2) is 0 Å². The fourth-order valence-corrected chi connectivity index (χ4v) is 2.49. The third kappa shape index (κ3) is 3.39. The van der Waals surface area contributed by atoms with E-state index in [9.17, 15) is 0 Å². The zero-order valence-corrected chi connectivity index (χ0v) is 13.3. The Morgan fingerprint density at radius 3 is 2.47 bits per heavy atom. The van der Waals surface area contributed by atoms with E-state index in [4.69, 9.17) is 22.2 Å². The lowest BCUT2D eigenvalue weighted by atomic mass is 9.98. The standard InChI is InChI=1S/C14H14ClIN2O/c1-19-13-7-4-10(15)8-12(13)14(18-17)9-2-5-11(16)6-3-9/h2-8,14,18H,17H2,1H3. The van der Waals surface area contributed by atoms with E-state index >= 15 is 0 Å². The quantitative estimate of drug-likeness (QED) is 0.479. The number of rotatable bonds is 4. The van der Waals surface area contributed by atoms with E-state index in [2.05, 4.69) is 28.0 Å². The van der Waals surface area contributed by atoms with E-state index < -0.39 is 0 Å². The SMILES string of the molecule is COc1ccc(Cl)cc1C(NN)c1ccc(I)cc1. The molecule has 2 rings (SSSR count). The molecular formula is C14H14ClIN2O. The lowest BCUT2D eigenvalue weighted by Gasteiger charge is -2.20. The van der Waals surface area contributed by atoms with Crippen molar-refractivity contribution in [1.29, 1.82) is 0 Å². The van der Waals surface area contributed by atoms with Crippen LogP contribution in [0.2, 0.25) is 5.02 Å². The van der Waals surface area contributed by atoms with Crippen LogP contribution >= 0.6 is 34.2 Å². The molecular weight excluding hydrogens is 375 g/mol. The molecule has 0 fully saturated rings. The average molecular weight is 389 g/mol. The Morgan fingerprint density at radius 1 is 1.21 bits per heavy atom. The van der Waals surface area contributed by atoms with Crippen molar-refractivity contribution < 1.29 is 4.74 Å². The fraction of sp³-hybridized carbons (Fsp3) is 0.143. The van der Waals surface area contributed by atoms with Crippen molar-refractivity contribution in [2.45, 2.75) is 6.04 Å². The summed E-state index contributed by atoms with van der Waals surface area (Å²) in [5.74, 6) is 6.45. The molecule has 3 nitrogen and oxygen atoms in total. The number of ether oxygens (including phenoxy) is 1. The number of nitrogens with two attached hydrogens (primary N) is 1. The third-order valence-electron chi connectivity index (χ3n) is 2.87. The van der Waals surface area contributed by atoms with Crippen LogP contribution in [0.15, 0.2) is 42.5 Å². The lowest BCUT2D eigenvalue weighted by Crippen LogP contribution is -2.29. The molecule has 0 radical (unpaired) electrons. The van der Waals surface area contributed by atoms with E-state index in [1.54, 1.807) is 13.2 Å². The summed E-state index contributed by atoms with van der Waals surface area (Å²) in [6.45, 7) is 0. The Hall–Kier alpha value is -0.820. The van der Waals surface area contributed by atoms with Crippen LogP contribution in [0.25, 0.3) is 0 Å². The Balaban J connectivity index is 2.47. The minimum atomic E-state index is -0.161. The molecule has 0 aliphatic heterocycles. The molecule has 0 aliphatic carbocycles. The Labute approximate surface area is 131 Å². The van der Waals surface area contributed by atoms with E-state index in [0.717, 1.165) is 16.9 Å². The highest BCUT2D eigenvalue weighted by Crippen LogP contribution is 2.32. The van der Waals surface area contributed by atoms with Gasteiger partial charge in [0.25, 0.3) is 0 Å². The van der Waals surface area contributed by atoms with Crippen LogP contribution in [-0.2, 0) is 0 Å². The molecule has 1 unspecified atom stereocenters. The summed E-state index contributed by atoms with van der Waals surface area (Å²) < 4.78 is 6.55. The highest BCUT2D eigenvalue weighted by Gasteiger charge is 2.17. The second kappa shape index (κ2) is 6.56. The summed E-state index contributed by atoms with van der Waals surface area (Å²) in [6, 6.07) is 13.5. The summed E-state index contributed by atoms with van der Waals surface area (Å²) in [5.41, 5.74) is 4.79. The number of benzene rings is 2. The normalized spacial score (nSPS) is 12.2. The molecule has 19 heavy (non-hydrogen) atoms. The zero-order valence-electron chi connectivity index (χ0n) is 10.4. The van der Waals surface area contributed by atoms with Crippen LogP contribution in [0.5, 0.6) is 5.75 Å². The summed E-state index contributed by atoms with van der Waals surface area (Å²) in [7, 11) is 1.63. The van der Waals surface area contributed by atoms with Gasteiger partial charge in [0.2, 0.25) is 0 Å². The van der Waals surface area contributed by atoms with Gasteiger partial charge in [0, 0.05) is 14.2 Å². The fourth-order valence-electron chi connectivity index (χ4n) is 1.95. The maximum Gasteiger partial charge on any atom is 0.124 e. The van der Waals surface area contributed by atoms with Crippen molar-refractivity contribution in [1.82, 2.24) is 5.43 Å². The molecule has 0 amide bonds. The van der Waals surface area contributed by atoms with Gasteiger partial charge >= 0.3 is 0 Å². The highest BCUT2D eigenvalue weighted by molar-refractivity contribution is 14.1. The smallest absolute Gasteiger partial charge is 0.124 e. The average Bonchev–Trinajstić information content (AvgIpc) is 2.42.